The highest BCUT2D eigenvalue weighted by Gasteiger charge is 2.38. The van der Waals surface area contributed by atoms with Crippen LogP contribution in [0.5, 0.6) is 5.75 Å². The number of rotatable bonds is 2. The molecule has 0 N–H and O–H groups in total. The zero-order valence-electron chi connectivity index (χ0n) is 8.16. The normalized spacial score (nSPS) is 12.7. The maximum Gasteiger partial charge on any atom is 0.573 e. The zero-order chi connectivity index (χ0) is 14.1. The molecule has 0 saturated carbocycles. The smallest absolute Gasteiger partial charge is 0.404 e. The molecule has 0 amide bonds. The largest absolute Gasteiger partial charge is 0.573 e. The lowest BCUT2D eigenvalue weighted by molar-refractivity contribution is -0.275. The molecule has 0 aliphatic heterocycles. The maximum atomic E-state index is 12.5. The van der Waals surface area contributed by atoms with E-state index in [-0.39, 0.29) is 5.33 Å². The maximum absolute atomic E-state index is 12.5. The molecule has 18 heavy (non-hydrogen) atoms. The van der Waals surface area contributed by atoms with Crippen LogP contribution in [0.1, 0.15) is 11.4 Å². The summed E-state index contributed by atoms with van der Waals surface area (Å²) < 4.78 is 76.7. The number of hydrogen-bond acceptors (Lipinski definition) is 2. The van der Waals surface area contributed by atoms with Crippen molar-refractivity contribution in [3.05, 3.63) is 21.0 Å². The van der Waals surface area contributed by atoms with E-state index in [0.29, 0.717) is 6.07 Å². The Morgan fingerprint density at radius 2 is 1.78 bits per heavy atom. The fourth-order valence-corrected chi connectivity index (χ4v) is 2.13. The second-order valence-corrected chi connectivity index (χ2v) is 4.67. The van der Waals surface area contributed by atoms with Gasteiger partial charge in [0.15, 0.2) is 11.4 Å². The Hall–Kier alpha value is -0.260. The number of alkyl halides is 7. The number of halogens is 8. The molecule has 0 saturated heterocycles. The molecule has 1 heterocycles. The Morgan fingerprint density at radius 3 is 2.17 bits per heavy atom. The van der Waals surface area contributed by atoms with Gasteiger partial charge in [-0.25, -0.2) is 4.98 Å². The van der Waals surface area contributed by atoms with Gasteiger partial charge >= 0.3 is 12.5 Å². The van der Waals surface area contributed by atoms with E-state index in [4.69, 9.17) is 0 Å². The molecule has 1 rings (SSSR count). The topological polar surface area (TPSA) is 22.1 Å². The van der Waals surface area contributed by atoms with Gasteiger partial charge in [0, 0.05) is 8.90 Å². The Balaban J connectivity index is 3.28. The molecule has 0 atom stereocenters. The third kappa shape index (κ3) is 4.14. The first-order valence-electron chi connectivity index (χ1n) is 4.13. The van der Waals surface area contributed by atoms with Gasteiger partial charge in [0.2, 0.25) is 0 Å². The highest BCUT2D eigenvalue weighted by Crippen LogP contribution is 2.36. The van der Waals surface area contributed by atoms with Crippen LogP contribution in [-0.2, 0) is 11.5 Å². The van der Waals surface area contributed by atoms with Crippen molar-refractivity contribution in [3.63, 3.8) is 0 Å². The first kappa shape index (κ1) is 15.8. The first-order chi connectivity index (χ1) is 8.04. The van der Waals surface area contributed by atoms with Crippen LogP contribution in [0.15, 0.2) is 6.07 Å². The van der Waals surface area contributed by atoms with Crippen molar-refractivity contribution in [3.8, 4) is 5.75 Å². The van der Waals surface area contributed by atoms with Gasteiger partial charge in [0.05, 0.1) is 5.69 Å². The molecule has 0 fully saturated rings. The molecule has 0 aliphatic carbocycles. The van der Waals surface area contributed by atoms with Crippen LogP contribution < -0.4 is 4.74 Å². The second kappa shape index (κ2) is 5.39. The Labute approximate surface area is 119 Å². The Morgan fingerprint density at radius 1 is 1.22 bits per heavy atom. The predicted molar refractivity (Wildman–Crippen MR) is 61.3 cm³/mol. The van der Waals surface area contributed by atoms with Crippen LogP contribution in [0.4, 0.5) is 26.3 Å². The molecular weight excluding hydrogens is 447 g/mol. The fourth-order valence-electron chi connectivity index (χ4n) is 1.02. The minimum absolute atomic E-state index is 0.293. The lowest BCUT2D eigenvalue weighted by atomic mass is 10.3. The van der Waals surface area contributed by atoms with E-state index in [9.17, 15) is 26.3 Å². The van der Waals surface area contributed by atoms with Crippen molar-refractivity contribution in [1.29, 1.82) is 0 Å². The summed E-state index contributed by atoms with van der Waals surface area (Å²) in [5, 5.41) is -0.293. The predicted octanol–water partition coefficient (Wildman–Crippen LogP) is 4.50. The van der Waals surface area contributed by atoms with E-state index in [1.54, 1.807) is 0 Å². The van der Waals surface area contributed by atoms with Crippen molar-refractivity contribution in [1.82, 2.24) is 4.98 Å². The molecule has 0 aliphatic rings. The molecule has 0 bridgehead atoms. The van der Waals surface area contributed by atoms with Gasteiger partial charge in [-0.2, -0.15) is 13.2 Å². The molecule has 1 aromatic heterocycles. The molecule has 102 valence electrons. The van der Waals surface area contributed by atoms with Gasteiger partial charge in [0.1, 0.15) is 0 Å². The molecule has 10 heteroatoms. The van der Waals surface area contributed by atoms with Crippen molar-refractivity contribution in [2.75, 3.05) is 0 Å². The molecular formula is C8H3BrF6INO. The number of nitrogens with zero attached hydrogens (tertiary/aromatic N) is 1. The van der Waals surface area contributed by atoms with Gasteiger partial charge in [-0.15, -0.1) is 13.2 Å². The molecule has 0 spiro atoms. The summed E-state index contributed by atoms with van der Waals surface area (Å²) in [7, 11) is 0. The number of ether oxygens (including phenoxy) is 1. The van der Waals surface area contributed by atoms with Crippen LogP contribution >= 0.6 is 38.5 Å². The number of aromatic nitrogens is 1. The van der Waals surface area contributed by atoms with Crippen LogP contribution in [0.3, 0.4) is 0 Å². The lowest BCUT2D eigenvalue weighted by Crippen LogP contribution is -2.20. The van der Waals surface area contributed by atoms with E-state index in [1.165, 1.54) is 22.6 Å². The summed E-state index contributed by atoms with van der Waals surface area (Å²) in [6.07, 6.45) is -9.72. The fraction of sp³-hybridized carbons (Fsp3) is 0.375. The first-order valence-corrected chi connectivity index (χ1v) is 6.33. The summed E-state index contributed by atoms with van der Waals surface area (Å²) >= 11 is 4.01. The summed E-state index contributed by atoms with van der Waals surface area (Å²) in [6.45, 7) is 0. The minimum atomic E-state index is -4.98. The molecule has 2 nitrogen and oxygen atoms in total. The third-order valence-electron chi connectivity index (χ3n) is 1.64. The number of pyridine rings is 1. The second-order valence-electron chi connectivity index (χ2n) is 2.94. The highest BCUT2D eigenvalue weighted by atomic mass is 127. The Bertz CT molecular complexity index is 446. The van der Waals surface area contributed by atoms with Gasteiger partial charge in [0.25, 0.3) is 0 Å². The van der Waals surface area contributed by atoms with Crippen molar-refractivity contribution >= 4 is 38.5 Å². The van der Waals surface area contributed by atoms with Gasteiger partial charge in [-0.1, -0.05) is 15.9 Å². The van der Waals surface area contributed by atoms with E-state index < -0.39 is 33.2 Å². The standard InChI is InChI=1S/C8H3BrF6INO/c9-2-4-5(18-8(13,14)15)1-3(16)6(17-4)7(10,11)12/h1H,2H2. The van der Waals surface area contributed by atoms with Crippen molar-refractivity contribution in [2.24, 2.45) is 0 Å². The van der Waals surface area contributed by atoms with Gasteiger partial charge in [-0.3, -0.25) is 0 Å². The summed E-state index contributed by atoms with van der Waals surface area (Å²) in [5.41, 5.74) is -1.72. The van der Waals surface area contributed by atoms with E-state index in [0.717, 1.165) is 0 Å². The molecule has 0 aromatic carbocycles. The average molecular weight is 450 g/mol. The zero-order valence-corrected chi connectivity index (χ0v) is 11.9. The minimum Gasteiger partial charge on any atom is -0.404 e. The van der Waals surface area contributed by atoms with Gasteiger partial charge < -0.3 is 4.74 Å². The van der Waals surface area contributed by atoms with E-state index in [1.807, 2.05) is 0 Å². The average Bonchev–Trinajstić information content (AvgIpc) is 2.13. The molecule has 0 unspecified atom stereocenters. The summed E-state index contributed by atoms with van der Waals surface area (Å²) in [4.78, 5) is 3.14. The Kier molecular flexibility index (Phi) is 4.73. The van der Waals surface area contributed by atoms with Crippen LogP contribution in [0.2, 0.25) is 0 Å². The van der Waals surface area contributed by atoms with Crippen molar-refractivity contribution < 1.29 is 31.1 Å². The SMILES string of the molecule is FC(F)(F)Oc1cc(I)c(C(F)(F)F)nc1CBr. The van der Waals surface area contributed by atoms with Crippen LogP contribution in [0.25, 0.3) is 0 Å². The van der Waals surface area contributed by atoms with Crippen molar-refractivity contribution in [2.45, 2.75) is 17.9 Å². The van der Waals surface area contributed by atoms with Crippen LogP contribution in [-0.4, -0.2) is 11.3 Å². The van der Waals surface area contributed by atoms with Gasteiger partial charge in [-0.05, 0) is 28.7 Å². The van der Waals surface area contributed by atoms with E-state index in [2.05, 4.69) is 25.7 Å². The number of hydrogen-bond donors (Lipinski definition) is 0. The highest BCUT2D eigenvalue weighted by molar-refractivity contribution is 14.1. The van der Waals surface area contributed by atoms with E-state index >= 15 is 0 Å². The van der Waals surface area contributed by atoms with Crippen LogP contribution in [0, 0.1) is 3.57 Å². The monoisotopic (exact) mass is 449 g/mol. The molecule has 1 aromatic rings. The molecule has 0 radical (unpaired) electrons. The summed E-state index contributed by atoms with van der Waals surface area (Å²) in [5.74, 6) is -0.753. The third-order valence-corrected chi connectivity index (χ3v) is 2.99. The summed E-state index contributed by atoms with van der Waals surface area (Å²) in [6, 6.07) is 0.653. The quantitative estimate of drug-likeness (QED) is 0.377. The lowest BCUT2D eigenvalue weighted by Gasteiger charge is -2.15.